The summed E-state index contributed by atoms with van der Waals surface area (Å²) in [4.78, 5) is 0. The second-order valence-electron chi connectivity index (χ2n) is 4.61. The lowest BCUT2D eigenvalue weighted by Gasteiger charge is -2.10. The van der Waals surface area contributed by atoms with Gasteiger partial charge in [0.25, 0.3) is 0 Å². The van der Waals surface area contributed by atoms with Crippen molar-refractivity contribution in [1.82, 2.24) is 0 Å². The fraction of sp³-hybridized carbons (Fsp3) is 0.200. The van der Waals surface area contributed by atoms with Crippen LogP contribution < -0.4 is 0 Å². The molecule has 0 aliphatic heterocycles. The lowest BCUT2D eigenvalue weighted by Crippen LogP contribution is -2.05. The van der Waals surface area contributed by atoms with Crippen LogP contribution in [0, 0.1) is 11.6 Å². The number of benzene rings is 2. The molecule has 2 nitrogen and oxygen atoms in total. The number of azo groups is 1. The van der Waals surface area contributed by atoms with Crippen LogP contribution in [0.15, 0.2) is 52.7 Å². The first-order valence-corrected chi connectivity index (χ1v) is 6.30. The van der Waals surface area contributed by atoms with Gasteiger partial charge in [-0.1, -0.05) is 12.1 Å². The van der Waals surface area contributed by atoms with Crippen molar-refractivity contribution in [2.45, 2.75) is 19.1 Å². The van der Waals surface area contributed by atoms with Gasteiger partial charge in [-0.25, -0.2) is 8.78 Å². The molecule has 22 heavy (non-hydrogen) atoms. The van der Waals surface area contributed by atoms with Gasteiger partial charge in [0.2, 0.25) is 0 Å². The van der Waals surface area contributed by atoms with Crippen LogP contribution in [0.2, 0.25) is 0 Å². The van der Waals surface area contributed by atoms with E-state index in [1.807, 2.05) is 0 Å². The standard InChI is InChI=1S/C15H11F5N2/c1-9(10-3-2-4-11(7-10)15(18,19)20)21-22-14-6-5-12(16)8-13(14)17/h2-9H,1H3. The molecule has 0 aliphatic rings. The number of halogens is 5. The van der Waals surface area contributed by atoms with Crippen LogP contribution in [0.1, 0.15) is 24.1 Å². The van der Waals surface area contributed by atoms with Gasteiger partial charge in [0.05, 0.1) is 11.6 Å². The van der Waals surface area contributed by atoms with Gasteiger partial charge in [0.15, 0.2) is 5.82 Å². The Bertz CT molecular complexity index is 695. The van der Waals surface area contributed by atoms with Crippen molar-refractivity contribution in [2.75, 3.05) is 0 Å². The maximum Gasteiger partial charge on any atom is 0.416 e. The minimum atomic E-state index is -4.45. The Morgan fingerprint density at radius 1 is 1.00 bits per heavy atom. The van der Waals surface area contributed by atoms with Crippen molar-refractivity contribution in [3.8, 4) is 0 Å². The van der Waals surface area contributed by atoms with Gasteiger partial charge < -0.3 is 0 Å². The topological polar surface area (TPSA) is 24.7 Å². The Hall–Kier alpha value is -2.31. The van der Waals surface area contributed by atoms with E-state index in [1.54, 1.807) is 0 Å². The van der Waals surface area contributed by atoms with Crippen molar-refractivity contribution in [1.29, 1.82) is 0 Å². The van der Waals surface area contributed by atoms with Crippen LogP contribution >= 0.6 is 0 Å². The average molecular weight is 314 g/mol. The van der Waals surface area contributed by atoms with Crippen LogP contribution in [-0.4, -0.2) is 0 Å². The summed E-state index contributed by atoms with van der Waals surface area (Å²) in [5.41, 5.74) is -0.679. The highest BCUT2D eigenvalue weighted by molar-refractivity contribution is 5.37. The molecule has 2 aromatic rings. The lowest BCUT2D eigenvalue weighted by molar-refractivity contribution is -0.137. The summed E-state index contributed by atoms with van der Waals surface area (Å²) in [6, 6.07) is 6.73. The van der Waals surface area contributed by atoms with Gasteiger partial charge in [-0.2, -0.15) is 23.4 Å². The summed E-state index contributed by atoms with van der Waals surface area (Å²) < 4.78 is 64.0. The molecule has 0 saturated heterocycles. The molecule has 0 fully saturated rings. The Labute approximate surface area is 123 Å². The third-order valence-electron chi connectivity index (χ3n) is 2.94. The Morgan fingerprint density at radius 2 is 1.73 bits per heavy atom. The summed E-state index contributed by atoms with van der Waals surface area (Å²) >= 11 is 0. The SMILES string of the molecule is CC(N=Nc1ccc(F)cc1F)c1cccc(C(F)(F)F)c1. The molecule has 0 aliphatic carbocycles. The fourth-order valence-corrected chi connectivity index (χ4v) is 1.75. The van der Waals surface area contributed by atoms with Crippen LogP contribution in [0.4, 0.5) is 27.6 Å². The van der Waals surface area contributed by atoms with Gasteiger partial charge in [0, 0.05) is 6.07 Å². The van der Waals surface area contributed by atoms with Crippen LogP contribution in [0.5, 0.6) is 0 Å². The zero-order valence-electron chi connectivity index (χ0n) is 11.4. The number of hydrogen-bond acceptors (Lipinski definition) is 2. The molecule has 0 amide bonds. The van der Waals surface area contributed by atoms with Crippen LogP contribution in [0.3, 0.4) is 0 Å². The van der Waals surface area contributed by atoms with E-state index >= 15 is 0 Å². The first kappa shape index (κ1) is 16.1. The Balaban J connectivity index is 2.22. The molecule has 2 aromatic carbocycles. The summed E-state index contributed by atoms with van der Waals surface area (Å²) in [7, 11) is 0. The Kier molecular flexibility index (Phi) is 4.54. The van der Waals surface area contributed by atoms with Gasteiger partial charge in [0.1, 0.15) is 11.5 Å². The van der Waals surface area contributed by atoms with Gasteiger partial charge in [-0.05, 0) is 36.8 Å². The van der Waals surface area contributed by atoms with Gasteiger partial charge in [-0.15, -0.1) is 0 Å². The molecule has 1 unspecified atom stereocenters. The van der Waals surface area contributed by atoms with Crippen molar-refractivity contribution in [3.05, 3.63) is 65.2 Å². The number of alkyl halides is 3. The molecular formula is C15H11F5N2. The minimum absolute atomic E-state index is 0.180. The minimum Gasteiger partial charge on any atom is -0.207 e. The molecule has 7 heteroatoms. The first-order chi connectivity index (χ1) is 10.3. The average Bonchev–Trinajstić information content (AvgIpc) is 2.45. The molecular weight excluding hydrogens is 303 g/mol. The highest BCUT2D eigenvalue weighted by atomic mass is 19.4. The third kappa shape index (κ3) is 3.87. The van der Waals surface area contributed by atoms with E-state index in [2.05, 4.69) is 10.2 Å². The molecule has 0 spiro atoms. The highest BCUT2D eigenvalue weighted by Gasteiger charge is 2.30. The van der Waals surface area contributed by atoms with Crippen molar-refractivity contribution >= 4 is 5.69 Å². The predicted octanol–water partition coefficient (Wildman–Crippen LogP) is 5.83. The monoisotopic (exact) mass is 314 g/mol. The van der Waals surface area contributed by atoms with Gasteiger partial charge >= 0.3 is 6.18 Å². The molecule has 0 N–H and O–H groups in total. The second kappa shape index (κ2) is 6.21. The lowest BCUT2D eigenvalue weighted by atomic mass is 10.1. The number of rotatable bonds is 3. The number of hydrogen-bond donors (Lipinski definition) is 0. The summed E-state index contributed by atoms with van der Waals surface area (Å²) in [6.45, 7) is 1.53. The molecule has 0 saturated carbocycles. The largest absolute Gasteiger partial charge is 0.416 e. The zero-order valence-corrected chi connectivity index (χ0v) is 11.4. The van der Waals surface area contributed by atoms with E-state index in [4.69, 9.17) is 0 Å². The first-order valence-electron chi connectivity index (χ1n) is 6.30. The molecule has 0 radical (unpaired) electrons. The molecule has 0 bridgehead atoms. The summed E-state index contributed by atoms with van der Waals surface area (Å²) in [6.07, 6.45) is -4.45. The van der Waals surface area contributed by atoms with Crippen molar-refractivity contribution in [3.63, 3.8) is 0 Å². The van der Waals surface area contributed by atoms with E-state index in [0.717, 1.165) is 24.3 Å². The van der Waals surface area contributed by atoms with Crippen molar-refractivity contribution in [2.24, 2.45) is 10.2 Å². The Morgan fingerprint density at radius 3 is 2.36 bits per heavy atom. The van der Waals surface area contributed by atoms with Gasteiger partial charge in [-0.3, -0.25) is 0 Å². The maximum atomic E-state index is 13.4. The summed E-state index contributed by atoms with van der Waals surface area (Å²) in [5.74, 6) is -1.64. The van der Waals surface area contributed by atoms with Crippen LogP contribution in [-0.2, 0) is 6.18 Å². The normalized spacial score (nSPS) is 13.5. The molecule has 2 rings (SSSR count). The fourth-order valence-electron chi connectivity index (χ4n) is 1.75. The van der Waals surface area contributed by atoms with E-state index in [9.17, 15) is 22.0 Å². The summed E-state index contributed by atoms with van der Waals surface area (Å²) in [5, 5.41) is 7.39. The number of nitrogens with zero attached hydrogens (tertiary/aromatic N) is 2. The maximum absolute atomic E-state index is 13.4. The second-order valence-corrected chi connectivity index (χ2v) is 4.61. The smallest absolute Gasteiger partial charge is 0.207 e. The van der Waals surface area contributed by atoms with E-state index in [0.29, 0.717) is 11.6 Å². The van der Waals surface area contributed by atoms with Crippen molar-refractivity contribution < 1.29 is 22.0 Å². The molecule has 0 heterocycles. The van der Waals surface area contributed by atoms with E-state index in [1.165, 1.54) is 19.1 Å². The zero-order chi connectivity index (χ0) is 16.3. The van der Waals surface area contributed by atoms with E-state index in [-0.39, 0.29) is 5.69 Å². The molecule has 1 atom stereocenters. The third-order valence-corrected chi connectivity index (χ3v) is 2.94. The molecule has 116 valence electrons. The van der Waals surface area contributed by atoms with E-state index < -0.39 is 29.4 Å². The predicted molar refractivity (Wildman–Crippen MR) is 70.7 cm³/mol. The quantitative estimate of drug-likeness (QED) is 0.503. The highest BCUT2D eigenvalue weighted by Crippen LogP contribution is 2.31. The molecule has 0 aromatic heterocycles. The van der Waals surface area contributed by atoms with Crippen LogP contribution in [0.25, 0.3) is 0 Å².